The highest BCUT2D eigenvalue weighted by Crippen LogP contribution is 2.24. The van der Waals surface area contributed by atoms with Crippen LogP contribution in [0.25, 0.3) is 0 Å². The van der Waals surface area contributed by atoms with Crippen LogP contribution in [0.15, 0.2) is 18.2 Å². The first-order chi connectivity index (χ1) is 11.4. The number of aliphatic carboxylic acids is 1. The highest BCUT2D eigenvalue weighted by Gasteiger charge is 2.23. The number of nitrogens with zero attached hydrogens (tertiary/aromatic N) is 2. The number of anilines is 1. The Morgan fingerprint density at radius 1 is 1.46 bits per heavy atom. The molecule has 0 radical (unpaired) electrons. The maximum atomic E-state index is 13.3. The molecule has 0 bridgehead atoms. The summed E-state index contributed by atoms with van der Waals surface area (Å²) in [5.41, 5.74) is 1.86. The van der Waals surface area contributed by atoms with Crippen molar-refractivity contribution < 1.29 is 19.1 Å². The van der Waals surface area contributed by atoms with Crippen molar-refractivity contribution in [3.05, 3.63) is 29.6 Å². The Bertz CT molecular complexity index is 609. The predicted molar refractivity (Wildman–Crippen MR) is 89.8 cm³/mol. The maximum absolute atomic E-state index is 13.3. The zero-order valence-corrected chi connectivity index (χ0v) is 14.1. The van der Waals surface area contributed by atoms with E-state index in [9.17, 15) is 14.0 Å². The van der Waals surface area contributed by atoms with E-state index in [2.05, 4.69) is 10.2 Å². The number of carbonyl (C=O) groups excluding carboxylic acids is 1. The van der Waals surface area contributed by atoms with Gasteiger partial charge < -0.3 is 20.2 Å². The number of halogens is 1. The number of urea groups is 1. The first kappa shape index (κ1) is 18.0. The van der Waals surface area contributed by atoms with Crippen molar-refractivity contribution in [2.75, 3.05) is 31.6 Å². The summed E-state index contributed by atoms with van der Waals surface area (Å²) in [7, 11) is 1.59. The molecule has 6 nitrogen and oxygen atoms in total. The molecule has 2 N–H and O–H groups in total. The molecule has 1 unspecified atom stereocenters. The summed E-state index contributed by atoms with van der Waals surface area (Å²) in [4.78, 5) is 26.3. The summed E-state index contributed by atoms with van der Waals surface area (Å²) in [5.74, 6) is -1.18. The van der Waals surface area contributed by atoms with Crippen molar-refractivity contribution in [2.24, 2.45) is 0 Å². The maximum Gasteiger partial charge on any atom is 0.317 e. The molecular weight excluding hydrogens is 313 g/mol. The van der Waals surface area contributed by atoms with E-state index < -0.39 is 5.97 Å². The Morgan fingerprint density at radius 2 is 2.21 bits per heavy atom. The van der Waals surface area contributed by atoms with Crippen molar-refractivity contribution in [3.8, 4) is 0 Å². The van der Waals surface area contributed by atoms with E-state index >= 15 is 0 Å². The standard InChI is InChI=1S/C17H24FN3O3/c1-12-10-13(18)5-6-15(12)21-8-3-4-14(11-21)19-17(24)20(2)9-7-16(22)23/h5-6,10,14H,3-4,7-9,11H2,1-2H3,(H,19,24)(H,22,23). The van der Waals surface area contributed by atoms with Crippen molar-refractivity contribution in [3.63, 3.8) is 0 Å². The SMILES string of the molecule is Cc1cc(F)ccc1N1CCCC(NC(=O)N(C)CCC(=O)O)C1. The van der Waals surface area contributed by atoms with Crippen LogP contribution < -0.4 is 10.2 Å². The second-order valence-electron chi connectivity index (χ2n) is 6.23. The molecule has 7 heteroatoms. The molecule has 0 aromatic heterocycles. The molecule has 1 saturated heterocycles. The third-order valence-corrected chi connectivity index (χ3v) is 4.26. The first-order valence-corrected chi connectivity index (χ1v) is 8.11. The fraction of sp³-hybridized carbons (Fsp3) is 0.529. The van der Waals surface area contributed by atoms with Gasteiger partial charge in [0, 0.05) is 38.4 Å². The van der Waals surface area contributed by atoms with Crippen LogP contribution in [0, 0.1) is 12.7 Å². The van der Waals surface area contributed by atoms with Gasteiger partial charge in [0.25, 0.3) is 0 Å². The first-order valence-electron chi connectivity index (χ1n) is 8.11. The van der Waals surface area contributed by atoms with Gasteiger partial charge in [-0.15, -0.1) is 0 Å². The number of nitrogens with one attached hydrogen (secondary N) is 1. The quantitative estimate of drug-likeness (QED) is 0.864. The van der Waals surface area contributed by atoms with Crippen LogP contribution in [0.3, 0.4) is 0 Å². The number of benzene rings is 1. The molecular formula is C17H24FN3O3. The van der Waals surface area contributed by atoms with E-state index in [-0.39, 0.29) is 30.9 Å². The van der Waals surface area contributed by atoms with E-state index in [4.69, 9.17) is 5.11 Å². The summed E-state index contributed by atoms with van der Waals surface area (Å²) >= 11 is 0. The number of rotatable bonds is 5. The zero-order valence-electron chi connectivity index (χ0n) is 14.1. The Morgan fingerprint density at radius 3 is 2.88 bits per heavy atom. The van der Waals surface area contributed by atoms with Crippen LogP contribution in [0.2, 0.25) is 0 Å². The fourth-order valence-corrected chi connectivity index (χ4v) is 2.94. The van der Waals surface area contributed by atoms with Crippen molar-refractivity contribution in [1.82, 2.24) is 10.2 Å². The molecule has 0 spiro atoms. The van der Waals surface area contributed by atoms with Crippen LogP contribution in [-0.2, 0) is 4.79 Å². The molecule has 1 atom stereocenters. The van der Waals surface area contributed by atoms with E-state index in [1.165, 1.54) is 17.0 Å². The lowest BCUT2D eigenvalue weighted by atomic mass is 10.0. The summed E-state index contributed by atoms with van der Waals surface area (Å²) in [6.45, 7) is 3.58. The Hall–Kier alpha value is -2.31. The second-order valence-corrected chi connectivity index (χ2v) is 6.23. The number of hydrogen-bond acceptors (Lipinski definition) is 3. The second kappa shape index (κ2) is 7.99. The van der Waals surface area contributed by atoms with Gasteiger partial charge in [0.15, 0.2) is 0 Å². The van der Waals surface area contributed by atoms with Gasteiger partial charge in [-0.1, -0.05) is 0 Å². The van der Waals surface area contributed by atoms with Gasteiger partial charge in [-0.05, 0) is 43.5 Å². The molecule has 24 heavy (non-hydrogen) atoms. The van der Waals surface area contributed by atoms with Gasteiger partial charge in [-0.3, -0.25) is 4.79 Å². The van der Waals surface area contributed by atoms with E-state index in [0.29, 0.717) is 6.54 Å². The van der Waals surface area contributed by atoms with Gasteiger partial charge in [0.05, 0.1) is 6.42 Å². The van der Waals surface area contributed by atoms with Crippen LogP contribution in [0.1, 0.15) is 24.8 Å². The highest BCUT2D eigenvalue weighted by molar-refractivity contribution is 5.75. The minimum atomic E-state index is -0.926. The van der Waals surface area contributed by atoms with Gasteiger partial charge in [-0.25, -0.2) is 9.18 Å². The molecule has 1 heterocycles. The minimum Gasteiger partial charge on any atom is -0.481 e. The summed E-state index contributed by atoms with van der Waals surface area (Å²) in [5, 5.41) is 11.6. The molecule has 2 rings (SSSR count). The topological polar surface area (TPSA) is 72.9 Å². The van der Waals surface area contributed by atoms with Crippen molar-refractivity contribution >= 4 is 17.7 Å². The van der Waals surface area contributed by atoms with Crippen molar-refractivity contribution in [2.45, 2.75) is 32.2 Å². The Labute approximate surface area is 141 Å². The van der Waals surface area contributed by atoms with Crippen LogP contribution in [0.4, 0.5) is 14.9 Å². The lowest BCUT2D eigenvalue weighted by molar-refractivity contribution is -0.137. The number of aryl methyl sites for hydroxylation is 1. The summed E-state index contributed by atoms with van der Waals surface area (Å²) in [6.07, 6.45) is 1.73. The van der Waals surface area contributed by atoms with E-state index in [1.54, 1.807) is 13.1 Å². The number of carboxylic acid groups (broad SMARTS) is 1. The molecule has 1 aromatic rings. The van der Waals surface area contributed by atoms with Crippen LogP contribution >= 0.6 is 0 Å². The molecule has 2 amide bonds. The van der Waals surface area contributed by atoms with Gasteiger partial charge in [0.2, 0.25) is 0 Å². The highest BCUT2D eigenvalue weighted by atomic mass is 19.1. The number of carbonyl (C=O) groups is 2. The third-order valence-electron chi connectivity index (χ3n) is 4.26. The lowest BCUT2D eigenvalue weighted by Gasteiger charge is -2.36. The lowest BCUT2D eigenvalue weighted by Crippen LogP contribution is -2.51. The largest absolute Gasteiger partial charge is 0.481 e. The van der Waals surface area contributed by atoms with Gasteiger partial charge in [0.1, 0.15) is 5.82 Å². The number of amides is 2. The smallest absolute Gasteiger partial charge is 0.317 e. The zero-order chi connectivity index (χ0) is 17.7. The molecule has 0 aliphatic carbocycles. The average Bonchev–Trinajstić information content (AvgIpc) is 2.52. The van der Waals surface area contributed by atoms with E-state index in [1.807, 2.05) is 6.92 Å². The van der Waals surface area contributed by atoms with Crippen LogP contribution in [-0.4, -0.2) is 54.7 Å². The molecule has 1 aromatic carbocycles. The Kier molecular flexibility index (Phi) is 6.00. The molecule has 1 aliphatic heterocycles. The van der Waals surface area contributed by atoms with Gasteiger partial charge in [-0.2, -0.15) is 0 Å². The molecule has 132 valence electrons. The number of carboxylic acids is 1. The monoisotopic (exact) mass is 337 g/mol. The normalized spacial score (nSPS) is 17.5. The minimum absolute atomic E-state index is 0.0111. The van der Waals surface area contributed by atoms with E-state index in [0.717, 1.165) is 30.6 Å². The summed E-state index contributed by atoms with van der Waals surface area (Å²) in [6, 6.07) is 4.46. The molecule has 1 fully saturated rings. The summed E-state index contributed by atoms with van der Waals surface area (Å²) < 4.78 is 13.3. The molecule has 1 aliphatic rings. The van der Waals surface area contributed by atoms with Crippen LogP contribution in [0.5, 0.6) is 0 Å². The Balaban J connectivity index is 1.93. The predicted octanol–water partition coefficient (Wildman–Crippen LogP) is 2.22. The van der Waals surface area contributed by atoms with Crippen molar-refractivity contribution in [1.29, 1.82) is 0 Å². The fourth-order valence-electron chi connectivity index (χ4n) is 2.94. The van der Waals surface area contributed by atoms with Gasteiger partial charge >= 0.3 is 12.0 Å². The molecule has 0 saturated carbocycles. The average molecular weight is 337 g/mol. The third kappa shape index (κ3) is 4.84. The number of piperidine rings is 1. The number of hydrogen-bond donors (Lipinski definition) is 2.